The van der Waals surface area contributed by atoms with Gasteiger partial charge in [-0.3, -0.25) is 0 Å². The van der Waals surface area contributed by atoms with Crippen molar-refractivity contribution in [1.82, 2.24) is 0 Å². The van der Waals surface area contributed by atoms with Crippen LogP contribution in [0.15, 0.2) is 23.1 Å². The van der Waals surface area contributed by atoms with E-state index in [-0.39, 0.29) is 18.3 Å². The minimum Gasteiger partial charge on any atom is -0.399 e. The van der Waals surface area contributed by atoms with Crippen molar-refractivity contribution in [1.29, 1.82) is 0 Å². The minimum atomic E-state index is -0.287. The monoisotopic (exact) mass is 292 g/mol. The number of benzene rings is 1. The van der Waals surface area contributed by atoms with E-state index in [1.807, 2.05) is 0 Å². The largest absolute Gasteiger partial charge is 0.494 e. The minimum absolute atomic E-state index is 0.274. The molecule has 20 heavy (non-hydrogen) atoms. The van der Waals surface area contributed by atoms with Crippen molar-refractivity contribution >= 4 is 24.3 Å². The van der Waals surface area contributed by atoms with E-state index >= 15 is 0 Å². The van der Waals surface area contributed by atoms with Gasteiger partial charge in [0, 0.05) is 4.90 Å². The molecule has 0 radical (unpaired) electrons. The molecule has 1 heterocycles. The van der Waals surface area contributed by atoms with Gasteiger partial charge in [0.25, 0.3) is 0 Å². The normalized spacial score (nSPS) is 20.7. The molecule has 0 aliphatic carbocycles. The highest BCUT2D eigenvalue weighted by atomic mass is 32.2. The van der Waals surface area contributed by atoms with Crippen molar-refractivity contribution in [3.05, 3.63) is 23.8 Å². The summed E-state index contributed by atoms with van der Waals surface area (Å²) in [4.78, 5) is 1.26. The maximum atomic E-state index is 6.15. The molecule has 0 spiro atoms. The quantitative estimate of drug-likeness (QED) is 0.623. The lowest BCUT2D eigenvalue weighted by Gasteiger charge is -2.32. The summed E-state index contributed by atoms with van der Waals surface area (Å²) in [5.74, 6) is 0.503. The summed E-state index contributed by atoms with van der Waals surface area (Å²) >= 11 is 1.76. The maximum Gasteiger partial charge on any atom is 0.494 e. The Bertz CT molecular complexity index is 481. The Morgan fingerprint density at radius 2 is 1.55 bits per heavy atom. The van der Waals surface area contributed by atoms with Crippen LogP contribution in [-0.4, -0.2) is 24.6 Å². The zero-order valence-corrected chi connectivity index (χ0v) is 14.4. The lowest BCUT2D eigenvalue weighted by Crippen LogP contribution is -2.41. The average Bonchev–Trinajstić information content (AvgIpc) is 2.58. The van der Waals surface area contributed by atoms with Gasteiger partial charge in [0.1, 0.15) is 0 Å². The van der Waals surface area contributed by atoms with Gasteiger partial charge in [-0.05, 0) is 63.0 Å². The van der Waals surface area contributed by atoms with Gasteiger partial charge in [-0.2, -0.15) is 0 Å². The van der Waals surface area contributed by atoms with E-state index in [0.29, 0.717) is 5.92 Å². The van der Waals surface area contributed by atoms with Crippen molar-refractivity contribution in [2.45, 2.75) is 63.6 Å². The Hall–Kier alpha value is -0.445. The van der Waals surface area contributed by atoms with E-state index < -0.39 is 0 Å². The fraction of sp³-hybridized carbons (Fsp3) is 0.625. The van der Waals surface area contributed by atoms with Crippen molar-refractivity contribution in [2.24, 2.45) is 0 Å². The molecule has 0 bridgehead atoms. The Balaban J connectivity index is 2.37. The first kappa shape index (κ1) is 15.9. The Morgan fingerprint density at radius 3 is 2.00 bits per heavy atom. The fourth-order valence-corrected chi connectivity index (χ4v) is 2.72. The van der Waals surface area contributed by atoms with Gasteiger partial charge in [-0.1, -0.05) is 19.9 Å². The second kappa shape index (κ2) is 5.40. The molecule has 0 amide bonds. The highest BCUT2D eigenvalue weighted by Gasteiger charge is 2.51. The molecule has 110 valence electrons. The summed E-state index contributed by atoms with van der Waals surface area (Å²) in [5, 5.41) is 0. The van der Waals surface area contributed by atoms with Crippen LogP contribution in [0.1, 0.15) is 53.0 Å². The van der Waals surface area contributed by atoms with Crippen molar-refractivity contribution < 1.29 is 9.31 Å². The van der Waals surface area contributed by atoms with Crippen molar-refractivity contribution in [3.8, 4) is 0 Å². The summed E-state index contributed by atoms with van der Waals surface area (Å²) < 4.78 is 12.3. The number of thioether (sulfide) groups is 1. The highest BCUT2D eigenvalue weighted by molar-refractivity contribution is 7.98. The second-order valence-electron chi connectivity index (χ2n) is 6.78. The summed E-state index contributed by atoms with van der Waals surface area (Å²) in [6, 6.07) is 6.65. The molecule has 0 unspecified atom stereocenters. The number of rotatable bonds is 3. The molecule has 1 aliphatic rings. The molecule has 1 aromatic carbocycles. The molecule has 1 fully saturated rings. The SMILES string of the molecule is CSc1cc(B2OC(C)(C)C(C)(C)O2)cc(C(C)C)c1. The summed E-state index contributed by atoms with van der Waals surface area (Å²) in [6.45, 7) is 12.8. The zero-order valence-electron chi connectivity index (χ0n) is 13.6. The Labute approximate surface area is 127 Å². The van der Waals surface area contributed by atoms with Crippen LogP contribution in [0.4, 0.5) is 0 Å². The predicted molar refractivity (Wildman–Crippen MR) is 88.0 cm³/mol. The number of hydrogen-bond acceptors (Lipinski definition) is 3. The number of hydrogen-bond donors (Lipinski definition) is 0. The maximum absolute atomic E-state index is 6.15. The Kier molecular flexibility index (Phi) is 4.30. The summed E-state index contributed by atoms with van der Waals surface area (Å²) in [6.07, 6.45) is 2.10. The molecule has 2 nitrogen and oxygen atoms in total. The van der Waals surface area contributed by atoms with E-state index in [9.17, 15) is 0 Å². The first-order valence-electron chi connectivity index (χ1n) is 7.21. The van der Waals surface area contributed by atoms with Crippen LogP contribution in [0.3, 0.4) is 0 Å². The standard InChI is InChI=1S/C16H25BO2S/c1-11(2)12-8-13(10-14(9-12)20-7)17-18-15(3,4)16(5,6)19-17/h8-11H,1-7H3. The average molecular weight is 292 g/mol. The van der Waals surface area contributed by atoms with Gasteiger partial charge >= 0.3 is 7.12 Å². The Morgan fingerprint density at radius 1 is 1.00 bits per heavy atom. The van der Waals surface area contributed by atoms with Gasteiger partial charge in [0.2, 0.25) is 0 Å². The first-order valence-corrected chi connectivity index (χ1v) is 8.43. The highest BCUT2D eigenvalue weighted by Crippen LogP contribution is 2.36. The van der Waals surface area contributed by atoms with E-state index in [1.165, 1.54) is 10.5 Å². The molecular weight excluding hydrogens is 267 g/mol. The molecular formula is C16H25BO2S. The smallest absolute Gasteiger partial charge is 0.399 e. The van der Waals surface area contributed by atoms with Crippen LogP contribution in [0.2, 0.25) is 0 Å². The molecule has 2 rings (SSSR count). The van der Waals surface area contributed by atoms with Crippen molar-refractivity contribution in [3.63, 3.8) is 0 Å². The van der Waals surface area contributed by atoms with Gasteiger partial charge in [-0.25, -0.2) is 0 Å². The fourth-order valence-electron chi connectivity index (χ4n) is 2.21. The third-order valence-electron chi connectivity index (χ3n) is 4.38. The topological polar surface area (TPSA) is 18.5 Å². The van der Waals surface area contributed by atoms with E-state index in [0.717, 1.165) is 5.46 Å². The van der Waals surface area contributed by atoms with Gasteiger partial charge in [0.15, 0.2) is 0 Å². The third kappa shape index (κ3) is 2.93. The molecule has 0 atom stereocenters. The van der Waals surface area contributed by atoms with E-state index in [1.54, 1.807) is 11.8 Å². The van der Waals surface area contributed by atoms with Crippen LogP contribution in [0, 0.1) is 0 Å². The molecule has 1 saturated heterocycles. The van der Waals surface area contributed by atoms with Crippen LogP contribution in [0.25, 0.3) is 0 Å². The van der Waals surface area contributed by atoms with Gasteiger partial charge in [0.05, 0.1) is 11.2 Å². The molecule has 0 aromatic heterocycles. The molecule has 0 saturated carbocycles. The molecule has 1 aliphatic heterocycles. The lowest BCUT2D eigenvalue weighted by atomic mass is 9.77. The zero-order chi connectivity index (χ0) is 15.1. The predicted octanol–water partition coefficient (Wildman–Crippen LogP) is 3.83. The van der Waals surface area contributed by atoms with Crippen LogP contribution in [0.5, 0.6) is 0 Å². The third-order valence-corrected chi connectivity index (χ3v) is 5.09. The molecule has 4 heteroatoms. The van der Waals surface area contributed by atoms with Crippen molar-refractivity contribution in [2.75, 3.05) is 6.26 Å². The van der Waals surface area contributed by atoms with Gasteiger partial charge < -0.3 is 9.31 Å². The summed E-state index contributed by atoms with van der Waals surface area (Å²) in [7, 11) is -0.274. The summed E-state index contributed by atoms with van der Waals surface area (Å²) in [5.41, 5.74) is 1.89. The van der Waals surface area contributed by atoms with Crippen LogP contribution >= 0.6 is 11.8 Å². The molecule has 1 aromatic rings. The van der Waals surface area contributed by atoms with Gasteiger partial charge in [-0.15, -0.1) is 11.8 Å². The van der Waals surface area contributed by atoms with E-state index in [4.69, 9.17) is 9.31 Å². The molecule has 0 N–H and O–H groups in total. The second-order valence-corrected chi connectivity index (χ2v) is 7.66. The lowest BCUT2D eigenvalue weighted by molar-refractivity contribution is 0.00578. The van der Waals surface area contributed by atoms with E-state index in [2.05, 4.69) is 66.0 Å². The van der Waals surface area contributed by atoms with Crippen LogP contribution in [-0.2, 0) is 9.31 Å². The van der Waals surface area contributed by atoms with Crippen LogP contribution < -0.4 is 5.46 Å². The first-order chi connectivity index (χ1) is 9.16.